The summed E-state index contributed by atoms with van der Waals surface area (Å²) < 4.78 is 4.49. The van der Waals surface area contributed by atoms with E-state index in [4.69, 9.17) is 11.6 Å². The molecule has 0 unspecified atom stereocenters. The quantitative estimate of drug-likeness (QED) is 0.738. The Morgan fingerprint density at radius 1 is 1.42 bits per heavy atom. The van der Waals surface area contributed by atoms with E-state index in [2.05, 4.69) is 4.74 Å². The van der Waals surface area contributed by atoms with E-state index >= 15 is 0 Å². The van der Waals surface area contributed by atoms with Crippen LogP contribution in [0, 0.1) is 38.6 Å². The molecule has 4 heteroatoms. The summed E-state index contributed by atoms with van der Waals surface area (Å²) in [7, 11) is 1.33. The minimum atomic E-state index is -0.407. The van der Waals surface area contributed by atoms with Gasteiger partial charge in [-0.1, -0.05) is 23.7 Å². The van der Waals surface area contributed by atoms with Crippen LogP contribution in [-0.2, 0) is 4.74 Å². The average molecular weight is 330 g/mol. The standard InChI is InChI=1S/C8H7ClO2.Tb/c1-11-8(10)6-4-2-3-5-7(6)9;/h2-5H,1H3;. The van der Waals surface area contributed by atoms with E-state index in [-0.39, 0.29) is 38.6 Å². The normalized spacial score (nSPS) is 8.50. The van der Waals surface area contributed by atoms with E-state index < -0.39 is 5.97 Å². The predicted molar refractivity (Wildman–Crippen MR) is 42.8 cm³/mol. The Kier molecular flexibility index (Phi) is 5.96. The Morgan fingerprint density at radius 2 is 2.00 bits per heavy atom. The van der Waals surface area contributed by atoms with Gasteiger partial charge < -0.3 is 4.74 Å². The van der Waals surface area contributed by atoms with E-state index in [0.29, 0.717) is 10.6 Å². The summed E-state index contributed by atoms with van der Waals surface area (Å²) >= 11 is 5.70. The summed E-state index contributed by atoms with van der Waals surface area (Å²) in [6.07, 6.45) is 0. The smallest absolute Gasteiger partial charge is 0.339 e. The van der Waals surface area contributed by atoms with Crippen LogP contribution in [0.3, 0.4) is 0 Å². The van der Waals surface area contributed by atoms with Crippen LogP contribution in [0.15, 0.2) is 24.3 Å². The Bertz CT molecular complexity index is 276. The molecule has 1 aromatic rings. The van der Waals surface area contributed by atoms with Crippen molar-refractivity contribution < 1.29 is 48.1 Å². The first-order chi connectivity index (χ1) is 5.25. The van der Waals surface area contributed by atoms with Crippen molar-refractivity contribution >= 4 is 17.6 Å². The molecule has 0 spiro atoms. The molecular formula is C8H7ClO2Tb. The van der Waals surface area contributed by atoms with Crippen LogP contribution in [0.25, 0.3) is 0 Å². The van der Waals surface area contributed by atoms with Crippen molar-refractivity contribution in [1.29, 1.82) is 0 Å². The fraction of sp³-hybridized carbons (Fsp3) is 0.125. The molecule has 1 rings (SSSR count). The van der Waals surface area contributed by atoms with Crippen molar-refractivity contribution in [3.8, 4) is 0 Å². The Hall–Kier alpha value is 0.266. The maximum atomic E-state index is 10.9. The molecule has 1 radical (unpaired) electrons. The molecule has 0 aromatic heterocycles. The minimum Gasteiger partial charge on any atom is -0.465 e. The summed E-state index contributed by atoms with van der Waals surface area (Å²) in [6, 6.07) is 6.76. The largest absolute Gasteiger partial charge is 0.465 e. The first-order valence-corrected chi connectivity index (χ1v) is 3.46. The molecule has 0 fully saturated rings. The molecular weight excluding hydrogens is 322 g/mol. The van der Waals surface area contributed by atoms with Crippen LogP contribution in [0.5, 0.6) is 0 Å². The Balaban J connectivity index is 0.00000121. The molecule has 0 bridgehead atoms. The van der Waals surface area contributed by atoms with Crippen LogP contribution in [0.1, 0.15) is 10.4 Å². The van der Waals surface area contributed by atoms with Gasteiger partial charge in [0.1, 0.15) is 0 Å². The SMILES string of the molecule is COC(=O)c1ccccc1Cl.[Tb]. The molecule has 1 aromatic carbocycles. The van der Waals surface area contributed by atoms with E-state index in [1.165, 1.54) is 7.11 Å². The third kappa shape index (κ3) is 2.96. The first kappa shape index (κ1) is 12.3. The second-order valence-electron chi connectivity index (χ2n) is 1.97. The van der Waals surface area contributed by atoms with Gasteiger partial charge in [-0.2, -0.15) is 0 Å². The summed E-state index contributed by atoms with van der Waals surface area (Å²) in [5.41, 5.74) is 0.400. The molecule has 0 amide bonds. The maximum Gasteiger partial charge on any atom is 0.339 e. The van der Waals surface area contributed by atoms with E-state index in [9.17, 15) is 4.79 Å². The van der Waals surface area contributed by atoms with E-state index in [1.807, 2.05) is 0 Å². The van der Waals surface area contributed by atoms with Crippen molar-refractivity contribution in [3.63, 3.8) is 0 Å². The Labute approximate surface area is 107 Å². The fourth-order valence-electron chi connectivity index (χ4n) is 0.737. The van der Waals surface area contributed by atoms with E-state index in [1.54, 1.807) is 24.3 Å². The molecule has 12 heavy (non-hydrogen) atoms. The predicted octanol–water partition coefficient (Wildman–Crippen LogP) is 2.13. The van der Waals surface area contributed by atoms with Gasteiger partial charge in [-0.15, -0.1) is 0 Å². The van der Waals surface area contributed by atoms with Crippen molar-refractivity contribution in [2.75, 3.05) is 7.11 Å². The van der Waals surface area contributed by atoms with Gasteiger partial charge in [0, 0.05) is 38.6 Å². The van der Waals surface area contributed by atoms with Crippen LogP contribution >= 0.6 is 11.6 Å². The third-order valence-corrected chi connectivity index (χ3v) is 1.61. The van der Waals surface area contributed by atoms with Crippen LogP contribution in [0.2, 0.25) is 5.02 Å². The van der Waals surface area contributed by atoms with Crippen molar-refractivity contribution in [2.24, 2.45) is 0 Å². The van der Waals surface area contributed by atoms with Gasteiger partial charge in [-0.05, 0) is 12.1 Å². The maximum absolute atomic E-state index is 10.9. The molecule has 0 atom stereocenters. The zero-order chi connectivity index (χ0) is 8.27. The van der Waals surface area contributed by atoms with Gasteiger partial charge in [0.2, 0.25) is 0 Å². The molecule has 2 nitrogen and oxygen atoms in total. The van der Waals surface area contributed by atoms with Crippen LogP contribution < -0.4 is 0 Å². The number of hydrogen-bond donors (Lipinski definition) is 0. The van der Waals surface area contributed by atoms with Gasteiger partial charge in [0.15, 0.2) is 0 Å². The molecule has 0 heterocycles. The van der Waals surface area contributed by atoms with Gasteiger partial charge in [0.05, 0.1) is 17.7 Å². The second kappa shape index (κ2) is 5.83. The molecule has 0 aliphatic heterocycles. The average Bonchev–Trinajstić information content (AvgIpc) is 2.04. The molecule has 0 aliphatic carbocycles. The van der Waals surface area contributed by atoms with Crippen LogP contribution in [-0.4, -0.2) is 13.1 Å². The monoisotopic (exact) mass is 329 g/mol. The van der Waals surface area contributed by atoms with Gasteiger partial charge >= 0.3 is 5.97 Å². The summed E-state index contributed by atoms with van der Waals surface area (Å²) in [5.74, 6) is -0.407. The van der Waals surface area contributed by atoms with Crippen molar-refractivity contribution in [3.05, 3.63) is 34.9 Å². The third-order valence-electron chi connectivity index (χ3n) is 1.28. The van der Waals surface area contributed by atoms with Crippen LogP contribution in [0.4, 0.5) is 0 Å². The number of rotatable bonds is 1. The number of carbonyl (C=O) groups excluding carboxylic acids is 1. The number of benzene rings is 1. The van der Waals surface area contributed by atoms with Gasteiger partial charge in [0.25, 0.3) is 0 Å². The zero-order valence-electron chi connectivity index (χ0n) is 6.34. The molecule has 0 saturated heterocycles. The summed E-state index contributed by atoms with van der Waals surface area (Å²) in [4.78, 5) is 10.9. The number of ether oxygens (including phenoxy) is 1. The summed E-state index contributed by atoms with van der Waals surface area (Å²) in [5, 5.41) is 0.416. The van der Waals surface area contributed by atoms with E-state index in [0.717, 1.165) is 0 Å². The van der Waals surface area contributed by atoms with Gasteiger partial charge in [-0.3, -0.25) is 0 Å². The zero-order valence-corrected chi connectivity index (χ0v) is 9.23. The number of esters is 1. The minimum absolute atomic E-state index is 0. The van der Waals surface area contributed by atoms with Crippen molar-refractivity contribution in [1.82, 2.24) is 0 Å². The summed E-state index contributed by atoms with van der Waals surface area (Å²) in [6.45, 7) is 0. The van der Waals surface area contributed by atoms with Gasteiger partial charge in [-0.25, -0.2) is 4.79 Å². The topological polar surface area (TPSA) is 26.3 Å². The number of halogens is 1. The van der Waals surface area contributed by atoms with Crippen molar-refractivity contribution in [2.45, 2.75) is 0 Å². The molecule has 0 saturated carbocycles. The fourth-order valence-corrected chi connectivity index (χ4v) is 0.950. The number of carbonyl (C=O) groups is 1. The number of methoxy groups -OCH3 is 1. The molecule has 0 aliphatic rings. The molecule has 0 N–H and O–H groups in total. The first-order valence-electron chi connectivity index (χ1n) is 3.08. The second-order valence-corrected chi connectivity index (χ2v) is 2.38. The number of hydrogen-bond acceptors (Lipinski definition) is 2. The Morgan fingerprint density at radius 3 is 2.50 bits per heavy atom. The molecule has 67 valence electrons.